The van der Waals surface area contributed by atoms with Crippen LogP contribution in [0.3, 0.4) is 0 Å². The number of piperidine rings is 1. The molecule has 1 unspecified atom stereocenters. The number of rotatable bonds is 6. The predicted octanol–water partition coefficient (Wildman–Crippen LogP) is 2.80. The first-order chi connectivity index (χ1) is 11.0. The number of carbonyl (C=O) groups excluding carboxylic acids is 2. The van der Waals surface area contributed by atoms with Gasteiger partial charge in [-0.2, -0.15) is 0 Å². The minimum absolute atomic E-state index is 0.0477. The van der Waals surface area contributed by atoms with Crippen LogP contribution in [0.4, 0.5) is 0 Å². The lowest BCUT2D eigenvalue weighted by molar-refractivity contribution is -0.132. The molecule has 1 atom stereocenters. The quantitative estimate of drug-likeness (QED) is 0.821. The van der Waals surface area contributed by atoms with Crippen molar-refractivity contribution in [1.82, 2.24) is 4.90 Å². The largest absolute Gasteiger partial charge is 0.343 e. The summed E-state index contributed by atoms with van der Waals surface area (Å²) < 4.78 is 0. The molecule has 4 nitrogen and oxygen atoms in total. The van der Waals surface area contributed by atoms with Gasteiger partial charge < -0.3 is 10.6 Å². The van der Waals surface area contributed by atoms with Gasteiger partial charge in [0.1, 0.15) is 0 Å². The molecule has 0 radical (unpaired) electrons. The molecule has 1 amide bonds. The lowest BCUT2D eigenvalue weighted by atomic mass is 9.91. The number of carbonyl (C=O) groups is 2. The second-order valence-corrected chi connectivity index (χ2v) is 6.55. The summed E-state index contributed by atoms with van der Waals surface area (Å²) in [4.78, 5) is 26.3. The fraction of sp³-hybridized carbons (Fsp3) is 0.579. The molecule has 1 aromatic carbocycles. The van der Waals surface area contributed by atoms with Gasteiger partial charge in [0, 0.05) is 37.5 Å². The number of aryl methyl sites for hydroxylation is 1. The van der Waals surface area contributed by atoms with Crippen LogP contribution in [0.5, 0.6) is 0 Å². The summed E-state index contributed by atoms with van der Waals surface area (Å²) in [5, 5.41) is 0. The third-order valence-corrected chi connectivity index (χ3v) is 4.89. The standard InChI is InChI=1S/C19H28N2O2/c1-3-15-4-6-17(7-5-15)18(22)8-9-19(23)21-12-10-16(11-13-21)14(2)20/h4-7,14,16H,3,8-13,20H2,1-2H3. The summed E-state index contributed by atoms with van der Waals surface area (Å²) in [6, 6.07) is 7.88. The fourth-order valence-electron chi connectivity index (χ4n) is 3.12. The van der Waals surface area contributed by atoms with E-state index in [1.807, 2.05) is 36.1 Å². The second-order valence-electron chi connectivity index (χ2n) is 6.55. The van der Waals surface area contributed by atoms with E-state index in [1.165, 1.54) is 5.56 Å². The molecular formula is C19H28N2O2. The van der Waals surface area contributed by atoms with Gasteiger partial charge in [-0.25, -0.2) is 0 Å². The van der Waals surface area contributed by atoms with Crippen LogP contribution in [-0.2, 0) is 11.2 Å². The van der Waals surface area contributed by atoms with Crippen LogP contribution in [-0.4, -0.2) is 35.7 Å². The molecule has 2 N–H and O–H groups in total. The number of hydrogen-bond acceptors (Lipinski definition) is 3. The zero-order valence-electron chi connectivity index (χ0n) is 14.3. The molecule has 4 heteroatoms. The summed E-state index contributed by atoms with van der Waals surface area (Å²) in [7, 11) is 0. The fourth-order valence-corrected chi connectivity index (χ4v) is 3.12. The van der Waals surface area contributed by atoms with Crippen molar-refractivity contribution < 1.29 is 9.59 Å². The van der Waals surface area contributed by atoms with E-state index in [2.05, 4.69) is 6.92 Å². The summed E-state index contributed by atoms with van der Waals surface area (Å²) >= 11 is 0. The van der Waals surface area contributed by atoms with E-state index < -0.39 is 0 Å². The van der Waals surface area contributed by atoms with Crippen molar-refractivity contribution in [2.45, 2.75) is 52.0 Å². The molecule has 23 heavy (non-hydrogen) atoms. The minimum Gasteiger partial charge on any atom is -0.343 e. The lowest BCUT2D eigenvalue weighted by Crippen LogP contribution is -2.42. The summed E-state index contributed by atoms with van der Waals surface area (Å²) in [6.45, 7) is 5.66. The Morgan fingerprint density at radius 3 is 2.30 bits per heavy atom. The average molecular weight is 316 g/mol. The average Bonchev–Trinajstić information content (AvgIpc) is 2.59. The monoisotopic (exact) mass is 316 g/mol. The van der Waals surface area contributed by atoms with Crippen LogP contribution in [0.2, 0.25) is 0 Å². The van der Waals surface area contributed by atoms with E-state index in [4.69, 9.17) is 5.73 Å². The molecule has 0 aliphatic carbocycles. The van der Waals surface area contributed by atoms with Crippen LogP contribution in [0, 0.1) is 5.92 Å². The molecular weight excluding hydrogens is 288 g/mol. The first kappa shape index (κ1) is 17.7. The highest BCUT2D eigenvalue weighted by Crippen LogP contribution is 2.20. The highest BCUT2D eigenvalue weighted by Gasteiger charge is 2.24. The Labute approximate surface area is 139 Å². The number of benzene rings is 1. The first-order valence-corrected chi connectivity index (χ1v) is 8.66. The molecule has 0 saturated carbocycles. The van der Waals surface area contributed by atoms with Crippen molar-refractivity contribution in [3.8, 4) is 0 Å². The molecule has 1 aliphatic heterocycles. The third-order valence-electron chi connectivity index (χ3n) is 4.89. The van der Waals surface area contributed by atoms with E-state index in [-0.39, 0.29) is 24.2 Å². The first-order valence-electron chi connectivity index (χ1n) is 8.66. The number of amides is 1. The Morgan fingerprint density at radius 2 is 1.78 bits per heavy atom. The van der Waals surface area contributed by atoms with E-state index in [0.717, 1.165) is 32.4 Å². The topological polar surface area (TPSA) is 63.4 Å². The molecule has 0 spiro atoms. The number of likely N-dealkylation sites (tertiary alicyclic amines) is 1. The van der Waals surface area contributed by atoms with Crippen LogP contribution in [0.1, 0.15) is 55.5 Å². The van der Waals surface area contributed by atoms with Gasteiger partial charge in [0.15, 0.2) is 5.78 Å². The second kappa shape index (κ2) is 8.25. The van der Waals surface area contributed by atoms with Gasteiger partial charge in [-0.15, -0.1) is 0 Å². The van der Waals surface area contributed by atoms with Crippen molar-refractivity contribution in [3.63, 3.8) is 0 Å². The van der Waals surface area contributed by atoms with Crippen LogP contribution >= 0.6 is 0 Å². The molecule has 1 fully saturated rings. The van der Waals surface area contributed by atoms with Gasteiger partial charge in [0.2, 0.25) is 5.91 Å². The van der Waals surface area contributed by atoms with E-state index >= 15 is 0 Å². The summed E-state index contributed by atoms with van der Waals surface area (Å²) in [5.74, 6) is 0.649. The minimum atomic E-state index is 0.0477. The molecule has 1 aromatic rings. The Hall–Kier alpha value is -1.68. The number of hydrogen-bond donors (Lipinski definition) is 1. The predicted molar refractivity (Wildman–Crippen MR) is 92.3 cm³/mol. The molecule has 126 valence electrons. The Bertz CT molecular complexity index is 529. The Kier molecular flexibility index (Phi) is 6.34. The van der Waals surface area contributed by atoms with Gasteiger partial charge in [0.25, 0.3) is 0 Å². The maximum absolute atomic E-state index is 12.3. The maximum atomic E-state index is 12.3. The van der Waals surface area contributed by atoms with Gasteiger partial charge in [0.05, 0.1) is 0 Å². The van der Waals surface area contributed by atoms with E-state index in [0.29, 0.717) is 17.9 Å². The van der Waals surface area contributed by atoms with Crippen molar-refractivity contribution in [3.05, 3.63) is 35.4 Å². The zero-order valence-corrected chi connectivity index (χ0v) is 14.3. The van der Waals surface area contributed by atoms with E-state index in [1.54, 1.807) is 0 Å². The smallest absolute Gasteiger partial charge is 0.223 e. The van der Waals surface area contributed by atoms with Gasteiger partial charge in [-0.05, 0) is 37.7 Å². The molecule has 2 rings (SSSR count). The molecule has 0 aromatic heterocycles. The van der Waals surface area contributed by atoms with Crippen molar-refractivity contribution in [2.24, 2.45) is 11.7 Å². The zero-order chi connectivity index (χ0) is 16.8. The van der Waals surface area contributed by atoms with Crippen LogP contribution in [0.25, 0.3) is 0 Å². The van der Waals surface area contributed by atoms with Gasteiger partial charge in [-0.1, -0.05) is 31.2 Å². The highest BCUT2D eigenvalue weighted by atomic mass is 16.2. The molecule has 1 heterocycles. The lowest BCUT2D eigenvalue weighted by Gasteiger charge is -2.33. The van der Waals surface area contributed by atoms with Crippen molar-refractivity contribution in [2.75, 3.05) is 13.1 Å². The summed E-state index contributed by atoms with van der Waals surface area (Å²) in [6.07, 6.45) is 3.49. The van der Waals surface area contributed by atoms with Crippen LogP contribution < -0.4 is 5.73 Å². The molecule has 1 saturated heterocycles. The van der Waals surface area contributed by atoms with Crippen molar-refractivity contribution in [1.29, 1.82) is 0 Å². The normalized spacial score (nSPS) is 17.1. The third kappa shape index (κ3) is 4.90. The van der Waals surface area contributed by atoms with Crippen molar-refractivity contribution >= 4 is 11.7 Å². The van der Waals surface area contributed by atoms with Crippen LogP contribution in [0.15, 0.2) is 24.3 Å². The maximum Gasteiger partial charge on any atom is 0.223 e. The number of nitrogens with zero attached hydrogens (tertiary/aromatic N) is 1. The number of ketones is 1. The molecule has 1 aliphatic rings. The molecule has 0 bridgehead atoms. The van der Waals surface area contributed by atoms with Gasteiger partial charge >= 0.3 is 0 Å². The Balaban J connectivity index is 1.78. The van der Waals surface area contributed by atoms with Gasteiger partial charge in [-0.3, -0.25) is 9.59 Å². The summed E-state index contributed by atoms with van der Waals surface area (Å²) in [5.41, 5.74) is 7.84. The number of Topliss-reactive ketones (excluding diaryl/α,β-unsaturated/α-hetero) is 1. The SMILES string of the molecule is CCc1ccc(C(=O)CCC(=O)N2CCC(C(C)N)CC2)cc1. The number of nitrogens with two attached hydrogens (primary N) is 1. The Morgan fingerprint density at radius 1 is 1.17 bits per heavy atom. The highest BCUT2D eigenvalue weighted by molar-refractivity contribution is 5.97. The van der Waals surface area contributed by atoms with E-state index in [9.17, 15) is 9.59 Å².